The summed E-state index contributed by atoms with van der Waals surface area (Å²) in [6.45, 7) is 3.13. The number of benzene rings is 1. The van der Waals surface area contributed by atoms with Crippen molar-refractivity contribution in [2.45, 2.75) is 13.5 Å². The summed E-state index contributed by atoms with van der Waals surface area (Å²) in [5.74, 6) is 2.45. The first-order valence-corrected chi connectivity index (χ1v) is 8.24. The third-order valence-corrected chi connectivity index (χ3v) is 4.20. The molecule has 2 aromatic heterocycles. The van der Waals surface area contributed by atoms with Crippen molar-refractivity contribution in [2.24, 2.45) is 0 Å². The molecule has 0 amide bonds. The van der Waals surface area contributed by atoms with E-state index in [1.807, 2.05) is 41.8 Å². The molecule has 4 bridgehead atoms. The summed E-state index contributed by atoms with van der Waals surface area (Å²) >= 11 is 0. The van der Waals surface area contributed by atoms with E-state index in [0.717, 1.165) is 11.4 Å². The molecule has 0 unspecified atom stereocenters. The molecule has 2 N–H and O–H groups in total. The van der Waals surface area contributed by atoms with E-state index in [1.54, 1.807) is 7.11 Å². The molecule has 0 fully saturated rings. The number of ether oxygens (including phenoxy) is 3. The Morgan fingerprint density at radius 1 is 1.12 bits per heavy atom. The summed E-state index contributed by atoms with van der Waals surface area (Å²) in [6.07, 6.45) is 3.71. The van der Waals surface area contributed by atoms with Crippen molar-refractivity contribution in [2.75, 3.05) is 26.1 Å². The molecule has 4 rings (SSSR count). The SMILES string of the molecule is COc1c2cccc1OC/C=C/COc1nc(N)c3nc(C)n(c3n1)C2. The Labute approximate surface area is 150 Å². The standard InChI is InChI=1S/C18H19N5O3/c1-11-20-14-16(19)21-18-22-17(14)23(11)10-12-6-5-7-13(15(12)24-2)25-8-3-4-9-26-18/h3-7H,8-10H2,1-2H3,(H2,19,21,22)/b4-3+. The number of imidazole rings is 1. The van der Waals surface area contributed by atoms with E-state index in [0.29, 0.717) is 48.2 Å². The number of aryl methyl sites for hydroxylation is 1. The second-order valence-electron chi connectivity index (χ2n) is 5.85. The highest BCUT2D eigenvalue weighted by Gasteiger charge is 2.18. The molecule has 0 spiro atoms. The highest BCUT2D eigenvalue weighted by Crippen LogP contribution is 2.33. The zero-order valence-electron chi connectivity index (χ0n) is 14.6. The van der Waals surface area contributed by atoms with Crippen molar-refractivity contribution in [3.63, 3.8) is 0 Å². The number of hydrogen-bond donors (Lipinski definition) is 1. The van der Waals surface area contributed by atoms with Crippen LogP contribution < -0.4 is 19.9 Å². The molecule has 8 nitrogen and oxygen atoms in total. The summed E-state index contributed by atoms with van der Waals surface area (Å²) in [4.78, 5) is 13.2. The van der Waals surface area contributed by atoms with Crippen LogP contribution in [0.4, 0.5) is 5.82 Å². The summed E-state index contributed by atoms with van der Waals surface area (Å²) in [7, 11) is 1.63. The quantitative estimate of drug-likeness (QED) is 0.669. The fraction of sp³-hybridized carbons (Fsp3) is 0.278. The number of aromatic nitrogens is 4. The third kappa shape index (κ3) is 2.79. The van der Waals surface area contributed by atoms with E-state index in [4.69, 9.17) is 19.9 Å². The number of nitrogen functional groups attached to an aromatic ring is 1. The number of nitrogens with zero attached hydrogens (tertiary/aromatic N) is 4. The maximum atomic E-state index is 6.06. The maximum Gasteiger partial charge on any atom is 0.320 e. The lowest BCUT2D eigenvalue weighted by atomic mass is 10.2. The van der Waals surface area contributed by atoms with Crippen molar-refractivity contribution in [1.82, 2.24) is 19.5 Å². The normalized spacial score (nSPS) is 15.2. The first-order chi connectivity index (χ1) is 12.7. The lowest BCUT2D eigenvalue weighted by Gasteiger charge is -2.15. The molecule has 3 aromatic rings. The Hall–Kier alpha value is -3.29. The highest BCUT2D eigenvalue weighted by atomic mass is 16.5. The van der Waals surface area contributed by atoms with Crippen LogP contribution in [0.15, 0.2) is 30.4 Å². The topological polar surface area (TPSA) is 97.3 Å². The van der Waals surface area contributed by atoms with Gasteiger partial charge in [-0.05, 0) is 25.1 Å². The Balaban J connectivity index is 1.92. The van der Waals surface area contributed by atoms with Crippen molar-refractivity contribution >= 4 is 17.0 Å². The van der Waals surface area contributed by atoms with Crippen LogP contribution in [0, 0.1) is 6.92 Å². The minimum absolute atomic E-state index is 0.222. The summed E-state index contributed by atoms with van der Waals surface area (Å²) in [5, 5.41) is 0. The van der Waals surface area contributed by atoms with Gasteiger partial charge in [-0.2, -0.15) is 9.97 Å². The molecule has 0 saturated carbocycles. The van der Waals surface area contributed by atoms with Crippen LogP contribution in [-0.2, 0) is 6.54 Å². The third-order valence-electron chi connectivity index (χ3n) is 4.20. The van der Waals surface area contributed by atoms with E-state index in [-0.39, 0.29) is 6.01 Å². The van der Waals surface area contributed by atoms with Gasteiger partial charge in [0, 0.05) is 5.56 Å². The first kappa shape index (κ1) is 16.2. The molecule has 0 atom stereocenters. The van der Waals surface area contributed by atoms with Gasteiger partial charge in [-0.15, -0.1) is 0 Å². The average Bonchev–Trinajstić information content (AvgIpc) is 2.94. The van der Waals surface area contributed by atoms with Crippen LogP contribution in [0.2, 0.25) is 0 Å². The Bertz CT molecular complexity index is 996. The average molecular weight is 353 g/mol. The Morgan fingerprint density at radius 2 is 1.92 bits per heavy atom. The van der Waals surface area contributed by atoms with E-state index in [2.05, 4.69) is 15.0 Å². The number of fused-ring (bicyclic) bond motifs is 3. The molecule has 26 heavy (non-hydrogen) atoms. The van der Waals surface area contributed by atoms with Crippen molar-refractivity contribution in [3.8, 4) is 17.5 Å². The molecule has 8 heteroatoms. The number of hydrogen-bond acceptors (Lipinski definition) is 7. The van der Waals surface area contributed by atoms with E-state index in [9.17, 15) is 0 Å². The Morgan fingerprint density at radius 3 is 2.73 bits per heavy atom. The van der Waals surface area contributed by atoms with Crippen molar-refractivity contribution < 1.29 is 14.2 Å². The molecule has 0 aliphatic carbocycles. The molecule has 1 aromatic carbocycles. The second-order valence-corrected chi connectivity index (χ2v) is 5.85. The highest BCUT2D eigenvalue weighted by molar-refractivity contribution is 5.82. The van der Waals surface area contributed by atoms with Gasteiger partial charge in [0.05, 0.1) is 13.7 Å². The van der Waals surface area contributed by atoms with Gasteiger partial charge in [-0.3, -0.25) is 0 Å². The van der Waals surface area contributed by atoms with Gasteiger partial charge in [-0.25, -0.2) is 4.98 Å². The Kier molecular flexibility index (Phi) is 4.08. The maximum absolute atomic E-state index is 6.06. The predicted octanol–water partition coefficient (Wildman–Crippen LogP) is 2.10. The van der Waals surface area contributed by atoms with Gasteiger partial charge >= 0.3 is 6.01 Å². The van der Waals surface area contributed by atoms with Gasteiger partial charge < -0.3 is 24.5 Å². The summed E-state index contributed by atoms with van der Waals surface area (Å²) in [5.41, 5.74) is 8.19. The number of nitrogens with two attached hydrogens (primary N) is 1. The van der Waals surface area contributed by atoms with Crippen molar-refractivity contribution in [3.05, 3.63) is 41.7 Å². The van der Waals surface area contributed by atoms with Crippen LogP contribution >= 0.6 is 0 Å². The zero-order valence-corrected chi connectivity index (χ0v) is 14.6. The van der Waals surface area contributed by atoms with Crippen LogP contribution in [-0.4, -0.2) is 39.8 Å². The van der Waals surface area contributed by atoms with Crippen LogP contribution in [0.25, 0.3) is 11.2 Å². The van der Waals surface area contributed by atoms with Gasteiger partial charge in [0.15, 0.2) is 28.5 Å². The minimum Gasteiger partial charge on any atom is -0.493 e. The molecule has 1 aliphatic heterocycles. The predicted molar refractivity (Wildman–Crippen MR) is 96.7 cm³/mol. The van der Waals surface area contributed by atoms with Gasteiger partial charge in [0.2, 0.25) is 0 Å². The lowest BCUT2D eigenvalue weighted by molar-refractivity contribution is 0.317. The monoisotopic (exact) mass is 353 g/mol. The molecular weight excluding hydrogens is 334 g/mol. The molecule has 3 heterocycles. The summed E-state index contributed by atoms with van der Waals surface area (Å²) < 4.78 is 19.0. The lowest BCUT2D eigenvalue weighted by Crippen LogP contribution is -2.08. The minimum atomic E-state index is 0.222. The first-order valence-electron chi connectivity index (χ1n) is 8.24. The molecule has 0 saturated heterocycles. The van der Waals surface area contributed by atoms with Crippen molar-refractivity contribution in [1.29, 1.82) is 0 Å². The number of anilines is 1. The van der Waals surface area contributed by atoms with E-state index in [1.165, 1.54) is 0 Å². The fourth-order valence-electron chi connectivity index (χ4n) is 2.96. The van der Waals surface area contributed by atoms with Gasteiger partial charge in [-0.1, -0.05) is 12.1 Å². The van der Waals surface area contributed by atoms with Crippen LogP contribution in [0.3, 0.4) is 0 Å². The fourth-order valence-corrected chi connectivity index (χ4v) is 2.96. The zero-order chi connectivity index (χ0) is 18.1. The second kappa shape index (κ2) is 6.55. The van der Waals surface area contributed by atoms with Gasteiger partial charge in [0.1, 0.15) is 19.0 Å². The van der Waals surface area contributed by atoms with Crippen LogP contribution in [0.5, 0.6) is 17.5 Å². The number of rotatable bonds is 1. The number of para-hydroxylation sites is 1. The summed E-state index contributed by atoms with van der Waals surface area (Å²) in [6, 6.07) is 6.03. The smallest absolute Gasteiger partial charge is 0.320 e. The molecule has 0 radical (unpaired) electrons. The molecule has 1 aliphatic rings. The molecule has 134 valence electrons. The largest absolute Gasteiger partial charge is 0.493 e. The van der Waals surface area contributed by atoms with Gasteiger partial charge in [0.25, 0.3) is 0 Å². The van der Waals surface area contributed by atoms with E-state index < -0.39 is 0 Å². The molecular formula is C18H19N5O3. The van der Waals surface area contributed by atoms with E-state index >= 15 is 0 Å². The van der Waals surface area contributed by atoms with Crippen LogP contribution in [0.1, 0.15) is 11.4 Å². The number of methoxy groups -OCH3 is 1.